The average molecular weight is 330 g/mol. The number of fused-ring (bicyclic) bond motifs is 2. The molecule has 0 aliphatic carbocycles. The maximum Gasteiger partial charge on any atom is 0.301 e. The van der Waals surface area contributed by atoms with Gasteiger partial charge in [0, 0.05) is 30.2 Å². The molecule has 0 bridgehead atoms. The Morgan fingerprint density at radius 2 is 2.16 bits per heavy atom. The smallest absolute Gasteiger partial charge is 0.301 e. The van der Waals surface area contributed by atoms with Crippen LogP contribution in [0.3, 0.4) is 0 Å². The Labute approximate surface area is 143 Å². The van der Waals surface area contributed by atoms with E-state index >= 15 is 0 Å². The van der Waals surface area contributed by atoms with E-state index in [1.54, 1.807) is 12.3 Å². The number of nitrogen functional groups attached to an aromatic ring is 1. The molecule has 1 aromatic carbocycles. The maximum absolute atomic E-state index is 11.3. The van der Waals surface area contributed by atoms with Crippen LogP contribution in [0.25, 0.3) is 10.9 Å². The van der Waals surface area contributed by atoms with Gasteiger partial charge < -0.3 is 10.6 Å². The minimum atomic E-state index is -0.549. The first-order chi connectivity index (χ1) is 12.2. The van der Waals surface area contributed by atoms with Crippen molar-refractivity contribution in [1.29, 1.82) is 0 Å². The number of nitrogens with two attached hydrogens (primary N) is 1. The number of amides is 1. The first-order valence-electron chi connectivity index (χ1n) is 7.70. The Balaban J connectivity index is 1.77. The summed E-state index contributed by atoms with van der Waals surface area (Å²) in [5.74, 6) is 2.57. The lowest BCUT2D eigenvalue weighted by Crippen LogP contribution is -2.16. The van der Waals surface area contributed by atoms with E-state index in [1.165, 1.54) is 11.9 Å². The fourth-order valence-corrected chi connectivity index (χ4v) is 3.02. The summed E-state index contributed by atoms with van der Waals surface area (Å²) in [6, 6.07) is 7.55. The molecule has 2 aromatic heterocycles. The van der Waals surface area contributed by atoms with E-state index in [-0.39, 0.29) is 0 Å². The molecule has 7 nitrogen and oxygen atoms in total. The lowest BCUT2D eigenvalue weighted by molar-refractivity contribution is -0.111. The molecule has 25 heavy (non-hydrogen) atoms. The molecule has 3 heterocycles. The van der Waals surface area contributed by atoms with Gasteiger partial charge in [0.15, 0.2) is 0 Å². The van der Waals surface area contributed by atoms with Crippen molar-refractivity contribution in [3.8, 4) is 12.3 Å². The molecule has 122 valence electrons. The van der Waals surface area contributed by atoms with Gasteiger partial charge in [-0.05, 0) is 36.1 Å². The Kier molecular flexibility index (Phi) is 3.43. The van der Waals surface area contributed by atoms with Crippen molar-refractivity contribution in [2.45, 2.75) is 6.42 Å². The van der Waals surface area contributed by atoms with E-state index < -0.39 is 5.91 Å². The summed E-state index contributed by atoms with van der Waals surface area (Å²) >= 11 is 0. The second-order valence-corrected chi connectivity index (χ2v) is 5.67. The molecular formula is C18H14N6O. The van der Waals surface area contributed by atoms with E-state index in [4.69, 9.17) is 12.2 Å². The first kappa shape index (κ1) is 14.9. The van der Waals surface area contributed by atoms with Crippen molar-refractivity contribution in [1.82, 2.24) is 15.0 Å². The normalized spacial score (nSPS) is 12.7. The molecule has 1 amide bonds. The Morgan fingerprint density at radius 1 is 1.28 bits per heavy atom. The zero-order valence-corrected chi connectivity index (χ0v) is 13.2. The van der Waals surface area contributed by atoms with E-state index in [0.29, 0.717) is 11.3 Å². The molecule has 3 N–H and O–H groups in total. The lowest BCUT2D eigenvalue weighted by atomic mass is 10.1. The molecule has 0 atom stereocenters. The number of hydrogen-bond acceptors (Lipinski definition) is 6. The summed E-state index contributed by atoms with van der Waals surface area (Å²) in [5, 5.41) is 3.32. The van der Waals surface area contributed by atoms with E-state index in [9.17, 15) is 4.79 Å². The highest BCUT2D eigenvalue weighted by Crippen LogP contribution is 2.37. The predicted octanol–water partition coefficient (Wildman–Crippen LogP) is 1.87. The van der Waals surface area contributed by atoms with Crippen LogP contribution in [0.4, 0.5) is 23.0 Å². The number of hydrogen-bond donors (Lipinski definition) is 2. The molecule has 0 spiro atoms. The molecule has 4 rings (SSSR count). The summed E-state index contributed by atoms with van der Waals surface area (Å²) in [6.07, 6.45) is 9.11. The van der Waals surface area contributed by atoms with Crippen molar-refractivity contribution in [3.05, 3.63) is 42.4 Å². The van der Waals surface area contributed by atoms with Gasteiger partial charge in [-0.25, -0.2) is 15.0 Å². The first-order valence-corrected chi connectivity index (χ1v) is 7.70. The fraction of sp³-hybridized carbons (Fsp3) is 0.111. The molecule has 0 saturated heterocycles. The van der Waals surface area contributed by atoms with Crippen LogP contribution in [0.5, 0.6) is 0 Å². The number of nitrogens with zero attached hydrogens (tertiary/aromatic N) is 4. The monoisotopic (exact) mass is 330 g/mol. The summed E-state index contributed by atoms with van der Waals surface area (Å²) in [6.45, 7) is 0.806. The highest BCUT2D eigenvalue weighted by molar-refractivity contribution is 6.04. The van der Waals surface area contributed by atoms with Crippen molar-refractivity contribution in [2.24, 2.45) is 0 Å². The summed E-state index contributed by atoms with van der Waals surface area (Å²) in [7, 11) is 0. The van der Waals surface area contributed by atoms with Crippen LogP contribution in [0, 0.1) is 12.3 Å². The lowest BCUT2D eigenvalue weighted by Gasteiger charge is -2.19. The molecule has 7 heteroatoms. The van der Waals surface area contributed by atoms with Gasteiger partial charge in [0.2, 0.25) is 0 Å². The Hall–Kier alpha value is -3.66. The van der Waals surface area contributed by atoms with Gasteiger partial charge in [0.05, 0.1) is 10.9 Å². The van der Waals surface area contributed by atoms with Crippen molar-refractivity contribution in [3.63, 3.8) is 0 Å². The van der Waals surface area contributed by atoms with Gasteiger partial charge in [-0.15, -0.1) is 6.42 Å². The van der Waals surface area contributed by atoms with Gasteiger partial charge in [-0.3, -0.25) is 10.1 Å². The highest BCUT2D eigenvalue weighted by atomic mass is 16.1. The molecule has 0 fully saturated rings. The van der Waals surface area contributed by atoms with Crippen LogP contribution in [0.2, 0.25) is 0 Å². The fourth-order valence-electron chi connectivity index (χ4n) is 3.02. The standard InChI is InChI=1S/C18H14N6O/c1-2-17(25)23-16-8-14-13(9-20-16)18(22-10-21-14)24-6-5-11-7-12(19)3-4-15(11)24/h1,3-4,7-10H,5-6,19H2,(H,20,23,25). The third-order valence-electron chi connectivity index (χ3n) is 4.13. The number of anilines is 4. The Morgan fingerprint density at radius 3 is 3.00 bits per heavy atom. The SMILES string of the molecule is C#CC(=O)Nc1cc2ncnc(N3CCc4cc(N)ccc43)c2cn1. The quantitative estimate of drug-likeness (QED) is 0.550. The highest BCUT2D eigenvalue weighted by Gasteiger charge is 2.23. The second kappa shape index (κ2) is 5.76. The summed E-state index contributed by atoms with van der Waals surface area (Å²) in [5.41, 5.74) is 9.58. The van der Waals surface area contributed by atoms with Crippen molar-refractivity contribution >= 4 is 39.8 Å². The van der Waals surface area contributed by atoms with Gasteiger partial charge in [-0.1, -0.05) is 0 Å². The van der Waals surface area contributed by atoms with E-state index in [0.717, 1.165) is 35.5 Å². The second-order valence-electron chi connectivity index (χ2n) is 5.67. The van der Waals surface area contributed by atoms with Crippen molar-refractivity contribution in [2.75, 3.05) is 22.5 Å². The van der Waals surface area contributed by atoms with Gasteiger partial charge in [0.1, 0.15) is 18.0 Å². The molecule has 0 radical (unpaired) electrons. The molecular weight excluding hydrogens is 316 g/mol. The van der Waals surface area contributed by atoms with Crippen LogP contribution in [-0.4, -0.2) is 27.4 Å². The number of nitrogens with one attached hydrogen (secondary N) is 1. The third kappa shape index (κ3) is 2.60. The van der Waals surface area contributed by atoms with Gasteiger partial charge in [-0.2, -0.15) is 0 Å². The summed E-state index contributed by atoms with van der Waals surface area (Å²) < 4.78 is 0. The van der Waals surface area contributed by atoms with Crippen LogP contribution in [0.1, 0.15) is 5.56 Å². The number of aromatic nitrogens is 3. The largest absolute Gasteiger partial charge is 0.399 e. The number of carbonyl (C=O) groups excluding carboxylic acids is 1. The Bertz CT molecular complexity index is 1040. The molecule has 1 aliphatic rings. The molecule has 0 saturated carbocycles. The molecule has 0 unspecified atom stereocenters. The third-order valence-corrected chi connectivity index (χ3v) is 4.13. The maximum atomic E-state index is 11.3. The number of rotatable bonds is 2. The zero-order valence-electron chi connectivity index (χ0n) is 13.2. The van der Waals surface area contributed by atoms with Crippen molar-refractivity contribution < 1.29 is 4.79 Å². The minimum absolute atomic E-state index is 0.356. The number of carbonyl (C=O) groups is 1. The topological polar surface area (TPSA) is 97.0 Å². The minimum Gasteiger partial charge on any atom is -0.399 e. The van der Waals surface area contributed by atoms with Crippen LogP contribution in [-0.2, 0) is 11.2 Å². The van der Waals surface area contributed by atoms with Crippen LogP contribution < -0.4 is 16.0 Å². The van der Waals surface area contributed by atoms with Gasteiger partial charge >= 0.3 is 5.91 Å². The van der Waals surface area contributed by atoms with E-state index in [2.05, 4.69) is 25.2 Å². The average Bonchev–Trinajstić information content (AvgIpc) is 3.03. The predicted molar refractivity (Wildman–Crippen MR) is 96.4 cm³/mol. The van der Waals surface area contributed by atoms with Crippen LogP contribution in [0.15, 0.2) is 36.8 Å². The molecule has 3 aromatic rings. The number of benzene rings is 1. The number of pyridine rings is 1. The molecule has 1 aliphatic heterocycles. The number of terminal acetylenes is 1. The van der Waals surface area contributed by atoms with Gasteiger partial charge in [0.25, 0.3) is 0 Å². The zero-order chi connectivity index (χ0) is 17.4. The van der Waals surface area contributed by atoms with Crippen LogP contribution >= 0.6 is 0 Å². The summed E-state index contributed by atoms with van der Waals surface area (Å²) in [4.78, 5) is 26.4. The van der Waals surface area contributed by atoms with E-state index in [1.807, 2.05) is 24.1 Å².